The number of piperidine rings is 1. The predicted octanol–water partition coefficient (Wildman–Crippen LogP) is 0.654. The van der Waals surface area contributed by atoms with Crippen molar-refractivity contribution < 1.29 is 48.5 Å². The molecule has 3 fully saturated rings. The smallest absolute Gasteiger partial charge is 0.333 e. The summed E-state index contributed by atoms with van der Waals surface area (Å²) in [6.45, 7) is 3.13. The molecule has 3 aliphatic rings. The van der Waals surface area contributed by atoms with Crippen molar-refractivity contribution >= 4 is 41.4 Å². The maximum atomic E-state index is 14.6. The van der Waals surface area contributed by atoms with Crippen molar-refractivity contribution in [1.29, 1.82) is 0 Å². The third kappa shape index (κ3) is 9.85. The van der Waals surface area contributed by atoms with E-state index < -0.39 is 101 Å². The molecule has 2 aromatic carbocycles. The van der Waals surface area contributed by atoms with E-state index in [1.165, 1.54) is 35.1 Å². The lowest BCUT2D eigenvalue weighted by atomic mass is 9.95. The number of fused-ring (bicyclic) bond motifs is 2. The van der Waals surface area contributed by atoms with E-state index in [-0.39, 0.29) is 50.8 Å². The van der Waals surface area contributed by atoms with E-state index in [9.17, 15) is 43.8 Å². The highest BCUT2D eigenvalue weighted by Crippen LogP contribution is 2.25. The highest BCUT2D eigenvalue weighted by molar-refractivity contribution is 6.00. The van der Waals surface area contributed by atoms with Crippen LogP contribution in [0.25, 0.3) is 0 Å². The number of aliphatic hydroxyl groups excluding tert-OH is 1. The summed E-state index contributed by atoms with van der Waals surface area (Å²) in [5, 5.41) is 31.8. The summed E-state index contributed by atoms with van der Waals surface area (Å²) < 4.78 is 5.83. The minimum atomic E-state index is -1.66. The molecule has 0 radical (unpaired) electrons. The molecule has 6 rings (SSSR count). The number of cyclic esters (lactones) is 1. The second-order valence-corrected chi connectivity index (χ2v) is 15.0. The van der Waals surface area contributed by atoms with Crippen LogP contribution < -0.4 is 21.3 Å². The molecular weight excluding hydrogens is 763 g/mol. The van der Waals surface area contributed by atoms with Gasteiger partial charge in [-0.15, -0.1) is 0 Å². The lowest BCUT2D eigenvalue weighted by Crippen LogP contribution is -2.61. The fourth-order valence-corrected chi connectivity index (χ4v) is 7.74. The third-order valence-electron chi connectivity index (χ3n) is 10.9. The molecule has 312 valence electrons. The number of esters is 1. The molecule has 3 aromatic rings. The summed E-state index contributed by atoms with van der Waals surface area (Å²) in [5.41, 5.74) is 0.585. The van der Waals surface area contributed by atoms with Crippen molar-refractivity contribution in [3.63, 3.8) is 0 Å². The highest BCUT2D eigenvalue weighted by Gasteiger charge is 2.44. The summed E-state index contributed by atoms with van der Waals surface area (Å²) in [6, 6.07) is 11.9. The molecule has 1 aromatic heterocycles. The number of hydrogen-bond donors (Lipinski definition) is 6. The van der Waals surface area contributed by atoms with E-state index in [0.29, 0.717) is 6.42 Å². The van der Waals surface area contributed by atoms with Gasteiger partial charge in [0.15, 0.2) is 11.7 Å². The topological polar surface area (TPSA) is 237 Å². The number of amides is 6. The third-order valence-corrected chi connectivity index (χ3v) is 10.9. The Hall–Kier alpha value is -6.36. The van der Waals surface area contributed by atoms with Gasteiger partial charge < -0.3 is 46.0 Å². The molecule has 3 aliphatic heterocycles. The normalized spacial score (nSPS) is 27.4. The fraction of sp³-hybridized carbons (Fsp3) is 0.429. The minimum Gasteiger partial charge on any atom is -0.505 e. The first kappa shape index (κ1) is 42.3. The number of pyridine rings is 1. The Kier molecular flexibility index (Phi) is 13.6. The van der Waals surface area contributed by atoms with Crippen LogP contribution in [0.3, 0.4) is 0 Å². The SMILES string of the molecule is CCC1NC(=O)C(NC(=O)c2ncccc2O)C(C)OC(=O)C(c2ccccc2)NC(=O)C2CC(O)CCN2C(=O)C(Cc2ccccc2)NC(=O)C2CCCN2C1=O. The largest absolute Gasteiger partial charge is 0.505 e. The lowest BCUT2D eigenvalue weighted by molar-refractivity contribution is -0.156. The number of aliphatic hydroxyl groups is 1. The number of nitrogens with zero attached hydrogens (tertiary/aromatic N) is 3. The van der Waals surface area contributed by atoms with E-state index in [1.54, 1.807) is 61.5 Å². The molecule has 0 saturated carbocycles. The van der Waals surface area contributed by atoms with Gasteiger partial charge in [-0.3, -0.25) is 28.8 Å². The van der Waals surface area contributed by atoms with Gasteiger partial charge in [0.25, 0.3) is 5.91 Å². The number of nitrogens with one attached hydrogen (secondary N) is 4. The Balaban J connectivity index is 1.41. The van der Waals surface area contributed by atoms with Gasteiger partial charge in [0.05, 0.1) is 6.10 Å². The monoisotopic (exact) mass is 811 g/mol. The first-order valence-electron chi connectivity index (χ1n) is 19.8. The van der Waals surface area contributed by atoms with Crippen LogP contribution in [0.5, 0.6) is 5.75 Å². The molecular formula is C42H49N7O10. The molecule has 6 amide bonds. The van der Waals surface area contributed by atoms with Gasteiger partial charge >= 0.3 is 5.97 Å². The number of hydrogen-bond acceptors (Lipinski definition) is 11. The van der Waals surface area contributed by atoms with Crippen LogP contribution in [0, 0.1) is 0 Å². The van der Waals surface area contributed by atoms with Crippen LogP contribution in [0.2, 0.25) is 0 Å². The Morgan fingerprint density at radius 3 is 2.15 bits per heavy atom. The van der Waals surface area contributed by atoms with Gasteiger partial charge in [0.1, 0.15) is 42.1 Å². The van der Waals surface area contributed by atoms with Gasteiger partial charge in [0, 0.05) is 32.1 Å². The number of aromatic hydroxyl groups is 1. The number of benzene rings is 2. The second kappa shape index (κ2) is 18.9. The van der Waals surface area contributed by atoms with Crippen molar-refractivity contribution in [3.05, 3.63) is 95.8 Å². The Morgan fingerprint density at radius 1 is 0.814 bits per heavy atom. The zero-order valence-electron chi connectivity index (χ0n) is 32.8. The Morgan fingerprint density at radius 2 is 1.46 bits per heavy atom. The molecule has 6 N–H and O–H groups in total. The minimum absolute atomic E-state index is 0.0378. The van der Waals surface area contributed by atoms with E-state index in [0.717, 1.165) is 5.56 Å². The summed E-state index contributed by atoms with van der Waals surface area (Å²) in [4.78, 5) is 106. The highest BCUT2D eigenvalue weighted by atomic mass is 16.5. The lowest BCUT2D eigenvalue weighted by Gasteiger charge is -2.39. The standard InChI is InChI=1S/C42H49N7O10/c1-3-28-40(56)48-20-11-16-30(48)36(52)45-29(22-25-12-6-4-7-13-25)41(57)49-21-18-27(50)23-31(49)37(53)47-34(26-14-8-5-9-15-26)42(58)59-24(2)33(38(54)44-28)46-39(55)35-32(51)17-10-19-43-35/h4-10,12-15,17,19,24,27-31,33-34,50-51H,3,11,16,18,20-23H2,1-2H3,(H,44,54)(H,45,52)(H,46,55)(H,47,53). The fourth-order valence-electron chi connectivity index (χ4n) is 7.74. The molecule has 8 unspecified atom stereocenters. The Bertz CT molecular complexity index is 2040. The average molecular weight is 812 g/mol. The van der Waals surface area contributed by atoms with E-state index in [1.807, 2.05) is 6.07 Å². The maximum Gasteiger partial charge on any atom is 0.333 e. The molecule has 59 heavy (non-hydrogen) atoms. The van der Waals surface area contributed by atoms with Crippen LogP contribution in [-0.4, -0.2) is 122 Å². The van der Waals surface area contributed by atoms with Crippen LogP contribution in [0.1, 0.15) is 73.6 Å². The summed E-state index contributed by atoms with van der Waals surface area (Å²) >= 11 is 0. The van der Waals surface area contributed by atoms with E-state index >= 15 is 0 Å². The average Bonchev–Trinajstić information content (AvgIpc) is 3.74. The molecule has 0 bridgehead atoms. The van der Waals surface area contributed by atoms with Crippen LogP contribution in [0.4, 0.5) is 0 Å². The zero-order chi connectivity index (χ0) is 42.2. The molecule has 17 nitrogen and oxygen atoms in total. The molecule has 8 atom stereocenters. The molecule has 3 saturated heterocycles. The van der Waals surface area contributed by atoms with Gasteiger partial charge in [-0.25, -0.2) is 9.78 Å². The van der Waals surface area contributed by atoms with E-state index in [2.05, 4.69) is 26.3 Å². The number of carbonyl (C=O) groups excluding carboxylic acids is 7. The second-order valence-electron chi connectivity index (χ2n) is 15.0. The van der Waals surface area contributed by atoms with Gasteiger partial charge in [-0.1, -0.05) is 67.6 Å². The van der Waals surface area contributed by atoms with Crippen molar-refractivity contribution in [3.8, 4) is 5.75 Å². The predicted molar refractivity (Wildman–Crippen MR) is 210 cm³/mol. The summed E-state index contributed by atoms with van der Waals surface area (Å²) in [5.74, 6) is -5.98. The summed E-state index contributed by atoms with van der Waals surface area (Å²) in [7, 11) is 0. The van der Waals surface area contributed by atoms with Crippen LogP contribution in [-0.2, 0) is 39.9 Å². The van der Waals surface area contributed by atoms with E-state index in [4.69, 9.17) is 4.74 Å². The number of rotatable bonds is 6. The van der Waals surface area contributed by atoms with Crippen molar-refractivity contribution in [2.45, 2.75) is 101 Å². The van der Waals surface area contributed by atoms with Gasteiger partial charge in [0.2, 0.25) is 29.5 Å². The first-order chi connectivity index (χ1) is 28.4. The molecule has 0 aliphatic carbocycles. The summed E-state index contributed by atoms with van der Waals surface area (Å²) in [6.07, 6.45) is -0.325. The van der Waals surface area contributed by atoms with Crippen LogP contribution >= 0.6 is 0 Å². The van der Waals surface area contributed by atoms with Gasteiger partial charge in [-0.2, -0.15) is 0 Å². The van der Waals surface area contributed by atoms with Crippen LogP contribution in [0.15, 0.2) is 79.0 Å². The molecule has 4 heterocycles. The molecule has 0 spiro atoms. The number of ether oxygens (including phenoxy) is 1. The van der Waals surface area contributed by atoms with Crippen molar-refractivity contribution in [1.82, 2.24) is 36.1 Å². The first-order valence-corrected chi connectivity index (χ1v) is 19.8. The maximum absolute atomic E-state index is 14.6. The quantitative estimate of drug-likeness (QED) is 0.189. The number of aromatic nitrogens is 1. The van der Waals surface area contributed by atoms with Crippen molar-refractivity contribution in [2.24, 2.45) is 0 Å². The molecule has 17 heteroatoms. The Labute approximate surface area is 340 Å². The van der Waals surface area contributed by atoms with Gasteiger partial charge in [-0.05, 0) is 55.9 Å². The van der Waals surface area contributed by atoms with Crippen molar-refractivity contribution in [2.75, 3.05) is 13.1 Å². The zero-order valence-corrected chi connectivity index (χ0v) is 32.8. The number of carbonyl (C=O) groups is 7.